The summed E-state index contributed by atoms with van der Waals surface area (Å²) in [5.41, 5.74) is 4.14. The van der Waals surface area contributed by atoms with Gasteiger partial charge in [-0.05, 0) is 61.0 Å². The number of hydrogen-bond donors (Lipinski definition) is 0. The molecule has 0 bridgehead atoms. The minimum atomic E-state index is -0.238. The summed E-state index contributed by atoms with van der Waals surface area (Å²) in [6.07, 6.45) is 6.88. The van der Waals surface area contributed by atoms with Gasteiger partial charge < -0.3 is 4.74 Å². The van der Waals surface area contributed by atoms with E-state index >= 15 is 0 Å². The zero-order valence-corrected chi connectivity index (χ0v) is 16.1. The molecule has 0 radical (unpaired) electrons. The molecule has 2 rings (SSSR count). The van der Waals surface area contributed by atoms with E-state index in [4.69, 9.17) is 4.74 Å². The Morgan fingerprint density at radius 1 is 1.33 bits per heavy atom. The van der Waals surface area contributed by atoms with E-state index in [1.54, 1.807) is 0 Å². The molecule has 0 aliphatic heterocycles. The third-order valence-corrected chi connectivity index (χ3v) is 5.45. The quantitative estimate of drug-likeness (QED) is 0.373. The molecule has 1 atom stereocenters. The summed E-state index contributed by atoms with van der Waals surface area (Å²) in [7, 11) is 0. The Morgan fingerprint density at radius 2 is 2.04 bits per heavy atom. The summed E-state index contributed by atoms with van der Waals surface area (Å²) in [5, 5.41) is 0. The number of esters is 1. The topological polar surface area (TPSA) is 26.3 Å². The Hall–Kier alpha value is -1.57. The predicted octanol–water partition coefficient (Wildman–Crippen LogP) is 6.05. The van der Waals surface area contributed by atoms with Crippen molar-refractivity contribution in [3.8, 4) is 5.75 Å². The number of carbonyl (C=O) groups excluding carboxylic acids is 1. The van der Waals surface area contributed by atoms with Crippen LogP contribution in [0.25, 0.3) is 0 Å². The van der Waals surface area contributed by atoms with Crippen molar-refractivity contribution in [2.75, 3.05) is 0 Å². The van der Waals surface area contributed by atoms with Gasteiger partial charge in [0.2, 0.25) is 0 Å². The molecule has 0 fully saturated rings. The summed E-state index contributed by atoms with van der Waals surface area (Å²) < 4.78 is 5.60. The van der Waals surface area contributed by atoms with Gasteiger partial charge in [-0.25, -0.2) is 0 Å². The second kappa shape index (κ2) is 7.55. The number of aryl methyl sites for hydroxylation is 1. The Kier molecular flexibility index (Phi) is 5.90. The average molecular weight is 328 g/mol. The smallest absolute Gasteiger partial charge is 0.308 e. The lowest BCUT2D eigenvalue weighted by Gasteiger charge is -2.38. The molecule has 0 N–H and O–H groups in total. The largest absolute Gasteiger partial charge is 0.426 e. The number of allylic oxidation sites excluding steroid dienone is 2. The SMILES string of the molecule is CC(=O)Oc1c(CC[C@@H]2C(C)=CCCC2(C)C)cccc1C(C)C. The monoisotopic (exact) mass is 328 g/mol. The van der Waals surface area contributed by atoms with Crippen LogP contribution in [0, 0.1) is 11.3 Å². The zero-order chi connectivity index (χ0) is 17.9. The van der Waals surface area contributed by atoms with Crippen LogP contribution in [0.4, 0.5) is 0 Å². The number of carbonyl (C=O) groups is 1. The van der Waals surface area contributed by atoms with E-state index in [9.17, 15) is 4.79 Å². The maximum absolute atomic E-state index is 11.6. The number of rotatable bonds is 5. The maximum atomic E-state index is 11.6. The molecule has 132 valence electrons. The van der Waals surface area contributed by atoms with Gasteiger partial charge in [-0.2, -0.15) is 0 Å². The third kappa shape index (κ3) is 4.28. The van der Waals surface area contributed by atoms with Crippen molar-refractivity contribution in [2.24, 2.45) is 11.3 Å². The highest BCUT2D eigenvalue weighted by Gasteiger charge is 2.32. The van der Waals surface area contributed by atoms with Gasteiger partial charge in [0.1, 0.15) is 5.75 Å². The fraction of sp³-hybridized carbons (Fsp3) is 0.591. The van der Waals surface area contributed by atoms with Crippen LogP contribution in [0.5, 0.6) is 5.75 Å². The van der Waals surface area contributed by atoms with Crippen molar-refractivity contribution in [3.63, 3.8) is 0 Å². The van der Waals surface area contributed by atoms with Crippen molar-refractivity contribution < 1.29 is 9.53 Å². The second-order valence-corrected chi connectivity index (χ2v) is 8.15. The van der Waals surface area contributed by atoms with E-state index in [1.165, 1.54) is 25.3 Å². The first-order valence-corrected chi connectivity index (χ1v) is 9.19. The van der Waals surface area contributed by atoms with Crippen molar-refractivity contribution in [1.29, 1.82) is 0 Å². The predicted molar refractivity (Wildman–Crippen MR) is 100 cm³/mol. The molecule has 2 nitrogen and oxygen atoms in total. The van der Waals surface area contributed by atoms with Crippen LogP contribution in [0.2, 0.25) is 0 Å². The molecular formula is C22H32O2. The normalized spacial score (nSPS) is 20.0. The molecule has 0 amide bonds. The summed E-state index contributed by atoms with van der Waals surface area (Å²) in [5.74, 6) is 1.49. The van der Waals surface area contributed by atoms with E-state index < -0.39 is 0 Å². The zero-order valence-electron chi connectivity index (χ0n) is 16.1. The Balaban J connectivity index is 2.26. The third-order valence-electron chi connectivity index (χ3n) is 5.45. The fourth-order valence-electron chi connectivity index (χ4n) is 4.05. The first kappa shape index (κ1) is 18.8. The molecule has 1 aromatic rings. The standard InChI is InChI=1S/C22H32O2/c1-15(2)19-11-7-10-18(21(19)24-17(4)23)12-13-20-16(3)9-8-14-22(20,5)6/h7,9-11,15,20H,8,12-14H2,1-6H3/t20-/m1/s1. The Labute approximate surface area is 147 Å². The molecule has 0 unspecified atom stereocenters. The van der Waals surface area contributed by atoms with Crippen molar-refractivity contribution in [1.82, 2.24) is 0 Å². The second-order valence-electron chi connectivity index (χ2n) is 8.15. The van der Waals surface area contributed by atoms with Crippen molar-refractivity contribution in [2.45, 2.75) is 73.1 Å². The minimum absolute atomic E-state index is 0.238. The minimum Gasteiger partial charge on any atom is -0.426 e. The number of para-hydroxylation sites is 1. The average Bonchev–Trinajstić information content (AvgIpc) is 2.46. The maximum Gasteiger partial charge on any atom is 0.308 e. The molecular weight excluding hydrogens is 296 g/mol. The lowest BCUT2D eigenvalue weighted by molar-refractivity contribution is -0.132. The van der Waals surface area contributed by atoms with Gasteiger partial charge in [-0.1, -0.05) is 57.5 Å². The van der Waals surface area contributed by atoms with E-state index in [0.717, 1.165) is 29.7 Å². The molecule has 24 heavy (non-hydrogen) atoms. The Bertz CT molecular complexity index is 623. The van der Waals surface area contributed by atoms with Gasteiger partial charge >= 0.3 is 5.97 Å². The van der Waals surface area contributed by atoms with Crippen LogP contribution in [0.1, 0.15) is 77.8 Å². The first-order valence-electron chi connectivity index (χ1n) is 9.19. The molecule has 0 aromatic heterocycles. The Morgan fingerprint density at radius 3 is 2.62 bits per heavy atom. The van der Waals surface area contributed by atoms with Crippen LogP contribution >= 0.6 is 0 Å². The molecule has 1 aliphatic carbocycles. The fourth-order valence-corrected chi connectivity index (χ4v) is 4.05. The molecule has 0 saturated carbocycles. The highest BCUT2D eigenvalue weighted by atomic mass is 16.5. The summed E-state index contributed by atoms with van der Waals surface area (Å²) >= 11 is 0. The van der Waals surface area contributed by atoms with Crippen LogP contribution in [-0.2, 0) is 11.2 Å². The van der Waals surface area contributed by atoms with Gasteiger partial charge in [-0.15, -0.1) is 0 Å². The van der Waals surface area contributed by atoms with Gasteiger partial charge in [0, 0.05) is 6.92 Å². The van der Waals surface area contributed by atoms with E-state index in [2.05, 4.69) is 58.9 Å². The van der Waals surface area contributed by atoms with Crippen molar-refractivity contribution >= 4 is 5.97 Å². The molecule has 0 heterocycles. The van der Waals surface area contributed by atoms with E-state index in [-0.39, 0.29) is 5.97 Å². The van der Waals surface area contributed by atoms with Crippen molar-refractivity contribution in [3.05, 3.63) is 41.0 Å². The lowest BCUT2D eigenvalue weighted by atomic mass is 9.67. The summed E-state index contributed by atoms with van der Waals surface area (Å²) in [6, 6.07) is 6.27. The molecule has 2 heteroatoms. The molecule has 0 spiro atoms. The summed E-state index contributed by atoms with van der Waals surface area (Å²) in [6.45, 7) is 12.8. The number of ether oxygens (including phenoxy) is 1. The number of hydrogen-bond acceptors (Lipinski definition) is 2. The number of benzene rings is 1. The van der Waals surface area contributed by atoms with Crippen LogP contribution < -0.4 is 4.74 Å². The van der Waals surface area contributed by atoms with Gasteiger partial charge in [0.15, 0.2) is 0 Å². The molecule has 1 aromatic carbocycles. The van der Waals surface area contributed by atoms with Gasteiger partial charge in [-0.3, -0.25) is 4.79 Å². The van der Waals surface area contributed by atoms with E-state index in [1.807, 2.05) is 0 Å². The highest BCUT2D eigenvalue weighted by molar-refractivity contribution is 5.70. The van der Waals surface area contributed by atoms with Gasteiger partial charge in [0.25, 0.3) is 0 Å². The molecule has 1 aliphatic rings. The van der Waals surface area contributed by atoms with Crippen LogP contribution in [0.3, 0.4) is 0 Å². The summed E-state index contributed by atoms with van der Waals surface area (Å²) in [4.78, 5) is 11.6. The van der Waals surface area contributed by atoms with Crippen LogP contribution in [-0.4, -0.2) is 5.97 Å². The lowest BCUT2D eigenvalue weighted by Crippen LogP contribution is -2.28. The molecule has 0 saturated heterocycles. The first-order chi connectivity index (χ1) is 11.2. The van der Waals surface area contributed by atoms with E-state index in [0.29, 0.717) is 17.3 Å². The highest BCUT2D eigenvalue weighted by Crippen LogP contribution is 2.44. The van der Waals surface area contributed by atoms with Gasteiger partial charge in [0.05, 0.1) is 0 Å². The van der Waals surface area contributed by atoms with Crippen LogP contribution in [0.15, 0.2) is 29.8 Å².